The first-order valence-corrected chi connectivity index (χ1v) is 12.5. The summed E-state index contributed by atoms with van der Waals surface area (Å²) in [6.07, 6.45) is 4.33. The third kappa shape index (κ3) is 4.16. The minimum atomic E-state index is -0.154. The molecule has 2 aliphatic rings. The van der Waals surface area contributed by atoms with Gasteiger partial charge in [-0.25, -0.2) is 0 Å². The van der Waals surface area contributed by atoms with Crippen molar-refractivity contribution in [3.05, 3.63) is 56.5 Å². The molecular formula is C27H34ClN3O2. The predicted octanol–water partition coefficient (Wildman–Crippen LogP) is 5.44. The van der Waals surface area contributed by atoms with E-state index in [1.807, 2.05) is 13.1 Å². The van der Waals surface area contributed by atoms with Gasteiger partial charge in [-0.3, -0.25) is 4.79 Å². The van der Waals surface area contributed by atoms with E-state index in [1.54, 1.807) is 11.6 Å². The predicted molar refractivity (Wildman–Crippen MR) is 136 cm³/mol. The number of likely N-dealkylation sites (tertiary alicyclic amines) is 1. The van der Waals surface area contributed by atoms with Gasteiger partial charge in [-0.1, -0.05) is 31.5 Å². The van der Waals surface area contributed by atoms with Crippen LogP contribution in [0.25, 0.3) is 22.2 Å². The first-order chi connectivity index (χ1) is 15.8. The number of ether oxygens (including phenoxy) is 1. The van der Waals surface area contributed by atoms with Crippen LogP contribution < -0.4 is 5.56 Å². The highest BCUT2D eigenvalue weighted by molar-refractivity contribution is 6.31. The molecule has 0 bridgehead atoms. The van der Waals surface area contributed by atoms with E-state index in [-0.39, 0.29) is 5.56 Å². The lowest BCUT2D eigenvalue weighted by atomic mass is 9.87. The molecule has 4 heterocycles. The molecule has 1 aromatic carbocycles. The number of benzene rings is 1. The topological polar surface area (TPSA) is 50.3 Å². The van der Waals surface area contributed by atoms with E-state index < -0.39 is 0 Å². The number of piperidine rings is 1. The van der Waals surface area contributed by atoms with Gasteiger partial charge in [-0.15, -0.1) is 0 Å². The monoisotopic (exact) mass is 467 g/mol. The molecule has 0 aliphatic carbocycles. The molecule has 0 saturated carbocycles. The number of pyridine rings is 1. The zero-order valence-corrected chi connectivity index (χ0v) is 20.8. The van der Waals surface area contributed by atoms with Crippen molar-refractivity contribution in [2.75, 3.05) is 32.8 Å². The van der Waals surface area contributed by atoms with Crippen LogP contribution in [0.1, 0.15) is 55.2 Å². The summed E-state index contributed by atoms with van der Waals surface area (Å²) < 4.78 is 6.92. The third-order valence-corrected chi connectivity index (χ3v) is 8.00. The van der Waals surface area contributed by atoms with E-state index in [0.29, 0.717) is 16.9 Å². The maximum absolute atomic E-state index is 12.3. The Morgan fingerprint density at radius 3 is 2.58 bits per heavy atom. The Hall–Kier alpha value is -2.08. The van der Waals surface area contributed by atoms with Gasteiger partial charge in [0.05, 0.1) is 18.9 Å². The van der Waals surface area contributed by atoms with Crippen molar-refractivity contribution in [2.45, 2.75) is 45.4 Å². The molecular weight excluding hydrogens is 434 g/mol. The number of nitrogens with one attached hydrogen (secondary N) is 1. The summed E-state index contributed by atoms with van der Waals surface area (Å²) in [5.74, 6) is 1.68. The number of aromatic amines is 1. The number of fused-ring (bicyclic) bond motifs is 1. The van der Waals surface area contributed by atoms with E-state index in [9.17, 15) is 4.79 Å². The second kappa shape index (κ2) is 8.94. The molecule has 0 amide bonds. The van der Waals surface area contributed by atoms with Gasteiger partial charge >= 0.3 is 0 Å². The first kappa shape index (κ1) is 22.7. The maximum atomic E-state index is 12.3. The smallest absolute Gasteiger partial charge is 0.269 e. The SMILES string of the molecule is Cc1c(-c2[nH]c3ccc(C4CCN(CC5COC5)CC4)cc3c2C(C)C)cn(C)c(=O)c1Cl. The molecule has 0 unspecified atom stereocenters. The van der Waals surface area contributed by atoms with Crippen molar-refractivity contribution in [3.63, 3.8) is 0 Å². The number of hydrogen-bond donors (Lipinski definition) is 1. The van der Waals surface area contributed by atoms with Gasteiger partial charge in [0.1, 0.15) is 5.02 Å². The molecule has 0 atom stereocenters. The fourth-order valence-electron chi connectivity index (χ4n) is 5.53. The number of aromatic nitrogens is 2. The fourth-order valence-corrected chi connectivity index (χ4v) is 5.77. The molecule has 2 saturated heterocycles. The molecule has 5 rings (SSSR count). The normalized spacial score (nSPS) is 18.4. The Balaban J connectivity index is 1.48. The molecule has 0 spiro atoms. The highest BCUT2D eigenvalue weighted by Crippen LogP contribution is 2.39. The van der Waals surface area contributed by atoms with Crippen LogP contribution in [-0.4, -0.2) is 47.3 Å². The summed E-state index contributed by atoms with van der Waals surface area (Å²) in [5.41, 5.74) is 6.63. The summed E-state index contributed by atoms with van der Waals surface area (Å²) in [4.78, 5) is 18.6. The fraction of sp³-hybridized carbons (Fsp3) is 0.519. The highest BCUT2D eigenvalue weighted by Gasteiger charge is 2.27. The van der Waals surface area contributed by atoms with Crippen molar-refractivity contribution in [1.82, 2.24) is 14.5 Å². The van der Waals surface area contributed by atoms with Crippen LogP contribution in [0, 0.1) is 12.8 Å². The molecule has 2 aliphatic heterocycles. The van der Waals surface area contributed by atoms with Gasteiger partial charge < -0.3 is 19.2 Å². The van der Waals surface area contributed by atoms with Crippen LogP contribution in [0.3, 0.4) is 0 Å². The Morgan fingerprint density at radius 1 is 1.21 bits per heavy atom. The lowest BCUT2D eigenvalue weighted by molar-refractivity contribution is -0.0487. The van der Waals surface area contributed by atoms with Crippen molar-refractivity contribution in [2.24, 2.45) is 13.0 Å². The minimum absolute atomic E-state index is 0.154. The van der Waals surface area contributed by atoms with Gasteiger partial charge in [-0.2, -0.15) is 0 Å². The molecule has 2 fully saturated rings. The quantitative estimate of drug-likeness (QED) is 0.543. The van der Waals surface area contributed by atoms with Gasteiger partial charge in [0.25, 0.3) is 5.56 Å². The average molecular weight is 468 g/mol. The van der Waals surface area contributed by atoms with Crippen molar-refractivity contribution in [1.29, 1.82) is 0 Å². The van der Waals surface area contributed by atoms with Gasteiger partial charge in [-0.05, 0) is 73.5 Å². The van der Waals surface area contributed by atoms with Crippen molar-refractivity contribution >= 4 is 22.5 Å². The number of rotatable bonds is 5. The zero-order chi connectivity index (χ0) is 23.3. The summed E-state index contributed by atoms with van der Waals surface area (Å²) >= 11 is 6.39. The van der Waals surface area contributed by atoms with Crippen LogP contribution in [0.4, 0.5) is 0 Å². The average Bonchev–Trinajstić information content (AvgIpc) is 3.16. The van der Waals surface area contributed by atoms with Gasteiger partial charge in [0.2, 0.25) is 0 Å². The lowest BCUT2D eigenvalue weighted by Gasteiger charge is -2.37. The molecule has 3 aromatic rings. The first-order valence-electron chi connectivity index (χ1n) is 12.1. The Labute approximate surface area is 200 Å². The summed E-state index contributed by atoms with van der Waals surface area (Å²) in [7, 11) is 1.76. The number of nitrogens with zero attached hydrogens (tertiary/aromatic N) is 2. The Bertz CT molecular complexity index is 1230. The van der Waals surface area contributed by atoms with Crippen molar-refractivity contribution in [3.8, 4) is 11.3 Å². The molecule has 2 aromatic heterocycles. The summed E-state index contributed by atoms with van der Waals surface area (Å²) in [6.45, 7) is 11.8. The van der Waals surface area contributed by atoms with Crippen LogP contribution >= 0.6 is 11.6 Å². The summed E-state index contributed by atoms with van der Waals surface area (Å²) in [6, 6.07) is 6.94. The maximum Gasteiger partial charge on any atom is 0.269 e. The Kier molecular flexibility index (Phi) is 6.15. The number of hydrogen-bond acceptors (Lipinski definition) is 3. The zero-order valence-electron chi connectivity index (χ0n) is 20.1. The summed E-state index contributed by atoms with van der Waals surface area (Å²) in [5, 5.41) is 1.58. The molecule has 176 valence electrons. The van der Waals surface area contributed by atoms with Gasteiger partial charge in [0, 0.05) is 42.2 Å². The van der Waals surface area contributed by atoms with E-state index in [4.69, 9.17) is 16.3 Å². The van der Waals surface area contributed by atoms with E-state index >= 15 is 0 Å². The van der Waals surface area contributed by atoms with Gasteiger partial charge in [0.15, 0.2) is 0 Å². The van der Waals surface area contributed by atoms with Crippen LogP contribution in [0.5, 0.6) is 0 Å². The second-order valence-electron chi connectivity index (χ2n) is 10.2. The molecule has 5 nitrogen and oxygen atoms in total. The third-order valence-electron chi connectivity index (χ3n) is 7.56. The highest BCUT2D eigenvalue weighted by atomic mass is 35.5. The number of aryl methyl sites for hydroxylation is 1. The van der Waals surface area contributed by atoms with Crippen molar-refractivity contribution < 1.29 is 4.74 Å². The van der Waals surface area contributed by atoms with Crippen LogP contribution in [0.15, 0.2) is 29.2 Å². The van der Waals surface area contributed by atoms with E-state index in [1.165, 1.54) is 49.0 Å². The lowest BCUT2D eigenvalue weighted by Crippen LogP contribution is -2.42. The number of H-pyrrole nitrogens is 1. The Morgan fingerprint density at radius 2 is 1.94 bits per heavy atom. The largest absolute Gasteiger partial charge is 0.381 e. The standard InChI is InChI=1S/C27H34ClN3O2/c1-16(2)24-21-11-20(19-7-9-31(10-8-19)12-18-14-33-15-18)5-6-23(21)29-26(24)22-13-30(4)27(32)25(28)17(22)3/h5-6,11,13,16,18-19,29H,7-10,12,14-15H2,1-4H3. The molecule has 0 radical (unpaired) electrons. The van der Waals surface area contributed by atoms with E-state index in [2.05, 4.69) is 41.9 Å². The van der Waals surface area contributed by atoms with Crippen LogP contribution in [-0.2, 0) is 11.8 Å². The van der Waals surface area contributed by atoms with E-state index in [0.717, 1.165) is 41.5 Å². The number of halogens is 1. The molecule has 33 heavy (non-hydrogen) atoms. The second-order valence-corrected chi connectivity index (χ2v) is 10.6. The molecule has 1 N–H and O–H groups in total. The molecule has 6 heteroatoms. The minimum Gasteiger partial charge on any atom is -0.381 e. The van der Waals surface area contributed by atoms with Crippen LogP contribution in [0.2, 0.25) is 5.02 Å².